The molecule has 18 heavy (non-hydrogen) atoms. The number of ether oxygens (including phenoxy) is 1. The lowest BCUT2D eigenvalue weighted by Gasteiger charge is -2.06. The van der Waals surface area contributed by atoms with Gasteiger partial charge in [-0.15, -0.1) is 0 Å². The van der Waals surface area contributed by atoms with Gasteiger partial charge in [-0.2, -0.15) is 5.26 Å². The first-order valence-corrected chi connectivity index (χ1v) is 4.78. The fourth-order valence-electron chi connectivity index (χ4n) is 1.17. The van der Waals surface area contributed by atoms with Crippen molar-refractivity contribution in [3.05, 3.63) is 45.7 Å². The van der Waals surface area contributed by atoms with Crippen molar-refractivity contribution in [3.63, 3.8) is 0 Å². The summed E-state index contributed by atoms with van der Waals surface area (Å²) in [5.41, 5.74) is 4.60. The summed E-state index contributed by atoms with van der Waals surface area (Å²) in [4.78, 5) is 20.8. The number of hydrogen-bond donors (Lipinski definition) is 1. The molecule has 0 aliphatic carbocycles. The van der Waals surface area contributed by atoms with Gasteiger partial charge in [0.1, 0.15) is 17.6 Å². The van der Waals surface area contributed by atoms with Crippen LogP contribution in [0.3, 0.4) is 0 Å². The maximum Gasteiger partial charge on any atom is 0.269 e. The first kappa shape index (κ1) is 13.2. The summed E-state index contributed by atoms with van der Waals surface area (Å²) in [5, 5.41) is 19.1. The van der Waals surface area contributed by atoms with E-state index in [1.807, 2.05) is 0 Å². The average Bonchev–Trinajstić information content (AvgIpc) is 2.29. The number of nitro benzene ring substituents is 1. The Morgan fingerprint density at radius 3 is 2.39 bits per heavy atom. The van der Waals surface area contributed by atoms with Crippen molar-refractivity contribution in [1.29, 1.82) is 5.26 Å². The Labute approximate surface area is 102 Å². The minimum Gasteiger partial charge on any atom is -0.460 e. The number of allylic oxidation sites excluding steroid dienone is 1. The van der Waals surface area contributed by atoms with E-state index >= 15 is 0 Å². The number of carbonyl (C=O) groups is 1. The van der Waals surface area contributed by atoms with Crippen LogP contribution in [-0.4, -0.2) is 10.8 Å². The summed E-state index contributed by atoms with van der Waals surface area (Å²) < 4.78 is 5.20. The van der Waals surface area contributed by atoms with E-state index in [4.69, 9.17) is 15.7 Å². The van der Waals surface area contributed by atoms with E-state index < -0.39 is 10.8 Å². The summed E-state index contributed by atoms with van der Waals surface area (Å²) in [7, 11) is 0. The molecule has 7 heteroatoms. The van der Waals surface area contributed by atoms with Crippen molar-refractivity contribution in [3.8, 4) is 11.8 Å². The van der Waals surface area contributed by atoms with Crippen LogP contribution in [0.15, 0.2) is 35.6 Å². The predicted molar refractivity (Wildman–Crippen MR) is 61.2 cm³/mol. The molecule has 0 spiro atoms. The average molecular weight is 247 g/mol. The molecule has 0 saturated heterocycles. The van der Waals surface area contributed by atoms with Gasteiger partial charge in [-0.3, -0.25) is 14.9 Å². The fourth-order valence-corrected chi connectivity index (χ4v) is 1.17. The number of carbonyl (C=O) groups excluding carboxylic acids is 1. The van der Waals surface area contributed by atoms with E-state index in [1.165, 1.54) is 31.2 Å². The van der Waals surface area contributed by atoms with Crippen LogP contribution in [-0.2, 0) is 4.79 Å². The molecule has 0 aliphatic rings. The van der Waals surface area contributed by atoms with Gasteiger partial charge in [-0.1, -0.05) is 0 Å². The number of rotatable bonds is 4. The van der Waals surface area contributed by atoms with Crippen molar-refractivity contribution < 1.29 is 14.5 Å². The minimum atomic E-state index is -0.892. The summed E-state index contributed by atoms with van der Waals surface area (Å²) >= 11 is 0. The second kappa shape index (κ2) is 5.45. The minimum absolute atomic E-state index is 0.0406. The largest absolute Gasteiger partial charge is 0.460 e. The van der Waals surface area contributed by atoms with Gasteiger partial charge in [0.2, 0.25) is 0 Å². The molecular formula is C11H9N3O4. The van der Waals surface area contributed by atoms with Crippen LogP contribution >= 0.6 is 0 Å². The van der Waals surface area contributed by atoms with Crippen LogP contribution in [0.2, 0.25) is 0 Å². The molecule has 1 amide bonds. The Morgan fingerprint density at radius 1 is 1.44 bits per heavy atom. The SMILES string of the molecule is C/C(Oc1ccc([N+](=O)[O-])cc1)=C(/C#N)C(N)=O. The van der Waals surface area contributed by atoms with Crippen LogP contribution in [0.5, 0.6) is 5.75 Å². The number of hydrogen-bond acceptors (Lipinski definition) is 5. The highest BCUT2D eigenvalue weighted by Crippen LogP contribution is 2.20. The van der Waals surface area contributed by atoms with E-state index in [0.29, 0.717) is 0 Å². The van der Waals surface area contributed by atoms with Crippen molar-refractivity contribution in [2.45, 2.75) is 6.92 Å². The Kier molecular flexibility index (Phi) is 3.99. The molecule has 0 bridgehead atoms. The van der Waals surface area contributed by atoms with Crippen molar-refractivity contribution in [2.24, 2.45) is 5.73 Å². The highest BCUT2D eigenvalue weighted by Gasteiger charge is 2.11. The molecular weight excluding hydrogens is 238 g/mol. The van der Waals surface area contributed by atoms with Gasteiger partial charge < -0.3 is 10.5 Å². The number of benzene rings is 1. The zero-order valence-electron chi connectivity index (χ0n) is 9.41. The lowest BCUT2D eigenvalue weighted by molar-refractivity contribution is -0.384. The number of primary amides is 1. The molecule has 1 rings (SSSR count). The van der Waals surface area contributed by atoms with E-state index in [9.17, 15) is 14.9 Å². The zero-order chi connectivity index (χ0) is 13.7. The molecule has 0 aromatic heterocycles. The third kappa shape index (κ3) is 3.05. The second-order valence-electron chi connectivity index (χ2n) is 3.26. The Morgan fingerprint density at radius 2 is 2.00 bits per heavy atom. The van der Waals surface area contributed by atoms with Crippen molar-refractivity contribution in [2.75, 3.05) is 0 Å². The van der Waals surface area contributed by atoms with Gasteiger partial charge in [-0.05, 0) is 19.1 Å². The highest BCUT2D eigenvalue weighted by atomic mass is 16.6. The molecule has 1 aromatic carbocycles. The number of non-ortho nitro benzene ring substituents is 1. The summed E-state index contributed by atoms with van der Waals surface area (Å²) in [5.74, 6) is -0.581. The van der Waals surface area contributed by atoms with Crippen LogP contribution in [0.1, 0.15) is 6.92 Å². The molecule has 2 N–H and O–H groups in total. The first-order chi connectivity index (χ1) is 8.45. The van der Waals surface area contributed by atoms with Gasteiger partial charge in [0.05, 0.1) is 4.92 Å². The number of amides is 1. The van der Waals surface area contributed by atoms with E-state index in [0.717, 1.165) is 0 Å². The number of nitriles is 1. The highest BCUT2D eigenvalue weighted by molar-refractivity contribution is 5.96. The van der Waals surface area contributed by atoms with Crippen LogP contribution in [0, 0.1) is 21.4 Å². The van der Waals surface area contributed by atoms with Gasteiger partial charge in [0.15, 0.2) is 5.57 Å². The Bertz CT molecular complexity index is 555. The van der Waals surface area contributed by atoms with E-state index in [1.54, 1.807) is 6.07 Å². The van der Waals surface area contributed by atoms with Gasteiger partial charge in [0, 0.05) is 12.1 Å². The molecule has 0 radical (unpaired) electrons. The molecule has 0 aliphatic heterocycles. The lowest BCUT2D eigenvalue weighted by Crippen LogP contribution is -2.15. The number of nitro groups is 1. The van der Waals surface area contributed by atoms with Crippen molar-refractivity contribution >= 4 is 11.6 Å². The predicted octanol–water partition coefficient (Wildman–Crippen LogP) is 1.26. The quantitative estimate of drug-likeness (QED) is 0.282. The third-order valence-electron chi connectivity index (χ3n) is 2.03. The number of nitrogens with two attached hydrogens (primary N) is 1. The summed E-state index contributed by atoms with van der Waals surface area (Å²) in [6.07, 6.45) is 0. The molecule has 7 nitrogen and oxygen atoms in total. The third-order valence-corrected chi connectivity index (χ3v) is 2.03. The smallest absolute Gasteiger partial charge is 0.269 e. The van der Waals surface area contributed by atoms with E-state index in [2.05, 4.69) is 0 Å². The van der Waals surface area contributed by atoms with Crippen molar-refractivity contribution in [1.82, 2.24) is 0 Å². The lowest BCUT2D eigenvalue weighted by atomic mass is 10.2. The molecule has 1 aromatic rings. The molecule has 0 saturated carbocycles. The van der Waals surface area contributed by atoms with Gasteiger partial charge in [-0.25, -0.2) is 0 Å². The molecule has 0 atom stereocenters. The van der Waals surface area contributed by atoms with Crippen LogP contribution < -0.4 is 10.5 Å². The summed E-state index contributed by atoms with van der Waals surface area (Å²) in [6, 6.07) is 6.84. The molecule has 92 valence electrons. The molecule has 0 fully saturated rings. The second-order valence-corrected chi connectivity index (χ2v) is 3.26. The van der Waals surface area contributed by atoms with Crippen LogP contribution in [0.25, 0.3) is 0 Å². The molecule has 0 unspecified atom stereocenters. The van der Waals surface area contributed by atoms with Gasteiger partial charge >= 0.3 is 0 Å². The van der Waals surface area contributed by atoms with Crippen LogP contribution in [0.4, 0.5) is 5.69 Å². The topological polar surface area (TPSA) is 119 Å². The molecule has 0 heterocycles. The fraction of sp³-hybridized carbons (Fsp3) is 0.0909. The maximum atomic E-state index is 10.9. The first-order valence-electron chi connectivity index (χ1n) is 4.78. The Balaban J connectivity index is 2.95. The Hall–Kier alpha value is -2.88. The number of nitrogens with zero attached hydrogens (tertiary/aromatic N) is 2. The zero-order valence-corrected chi connectivity index (χ0v) is 9.41. The monoisotopic (exact) mass is 247 g/mol. The maximum absolute atomic E-state index is 10.9. The normalized spacial score (nSPS) is 11.1. The van der Waals surface area contributed by atoms with Gasteiger partial charge in [0.25, 0.3) is 11.6 Å². The summed E-state index contributed by atoms with van der Waals surface area (Å²) in [6.45, 7) is 1.41. The standard InChI is InChI=1S/C11H9N3O4/c1-7(10(6-12)11(13)15)18-9-4-2-8(3-5-9)14(16)17/h2-5H,1H3,(H2,13,15)/b10-7+. The van der Waals surface area contributed by atoms with E-state index in [-0.39, 0.29) is 22.8 Å².